The summed E-state index contributed by atoms with van der Waals surface area (Å²) in [6.45, 7) is 58.1. The fourth-order valence-electron chi connectivity index (χ4n) is 18.5. The molecule has 0 bridgehead atoms. The zero-order chi connectivity index (χ0) is 109. The Bertz CT molecular complexity index is 5930. The van der Waals surface area contributed by atoms with Crippen LogP contribution in [0.1, 0.15) is 351 Å². The molecule has 3 saturated heterocycles. The van der Waals surface area contributed by atoms with Crippen molar-refractivity contribution in [2.45, 2.75) is 314 Å². The van der Waals surface area contributed by atoms with Crippen molar-refractivity contribution >= 4 is 53.9 Å². The van der Waals surface area contributed by atoms with Crippen LogP contribution in [0.4, 0.5) is 4.79 Å². The third-order valence-electron chi connectivity index (χ3n) is 28.5. The third-order valence-corrected chi connectivity index (χ3v) is 28.5. The number of pyridine rings is 4. The lowest BCUT2D eigenvalue weighted by Gasteiger charge is -2.23. The number of carbonyl (C=O) groups is 6. The Balaban J connectivity index is 0.000000212. The van der Waals surface area contributed by atoms with Gasteiger partial charge in [-0.2, -0.15) is 9.59 Å². The van der Waals surface area contributed by atoms with E-state index in [4.69, 9.17) is 23.7 Å². The summed E-state index contributed by atoms with van der Waals surface area (Å²) in [5.41, 5.74) is 23.0. The largest absolute Gasteiger partial charge is 0.491 e. The van der Waals surface area contributed by atoms with Crippen molar-refractivity contribution in [1.29, 1.82) is 0 Å². The molecule has 0 saturated carbocycles. The number of esters is 1. The Hall–Kier alpha value is -12.2. The van der Waals surface area contributed by atoms with Gasteiger partial charge >= 0.3 is 25.3 Å². The van der Waals surface area contributed by atoms with Crippen LogP contribution in [-0.4, -0.2) is 134 Å². The first-order chi connectivity index (χ1) is 70.3. The molecule has 0 radical (unpaired) electrons. The number of ketones is 4. The van der Waals surface area contributed by atoms with Gasteiger partial charge in [0, 0.05) is 139 Å². The van der Waals surface area contributed by atoms with Crippen LogP contribution in [0.15, 0.2) is 262 Å². The van der Waals surface area contributed by atoms with E-state index < -0.39 is 13.2 Å². The van der Waals surface area contributed by atoms with Gasteiger partial charge in [0.05, 0.1) is 25.2 Å². The molecule has 8 heterocycles. The van der Waals surface area contributed by atoms with Gasteiger partial charge in [0.15, 0.2) is 11.6 Å². The van der Waals surface area contributed by atoms with Gasteiger partial charge in [-0.1, -0.05) is 372 Å². The number of hydrogen-bond donors (Lipinski definition) is 1. The van der Waals surface area contributed by atoms with Crippen LogP contribution < -0.4 is 5.46 Å². The highest BCUT2D eigenvalue weighted by Crippen LogP contribution is 2.39. The predicted octanol–water partition coefficient (Wildman–Crippen LogP) is 26.7. The van der Waals surface area contributed by atoms with E-state index in [1.165, 1.54) is 88.3 Å². The van der Waals surface area contributed by atoms with E-state index in [-0.39, 0.29) is 82.4 Å². The molecule has 4 aliphatic heterocycles. The Kier molecular flexibility index (Phi) is 49.0. The summed E-state index contributed by atoms with van der Waals surface area (Å²) in [5, 5.41) is 9.69. The number of methoxy groups -OCH3 is 1. The topological polar surface area (TPSA) is 246 Å². The van der Waals surface area contributed by atoms with Crippen molar-refractivity contribution in [2.75, 3.05) is 39.8 Å². The van der Waals surface area contributed by atoms with Crippen LogP contribution in [0.5, 0.6) is 0 Å². The molecular weight excluding hydrogens is 1840 g/mol. The molecule has 8 atom stereocenters. The van der Waals surface area contributed by atoms with Crippen molar-refractivity contribution < 1.29 is 57.5 Å². The summed E-state index contributed by atoms with van der Waals surface area (Å²) < 4.78 is 16.0. The standard InChI is InChI=1S/C23H28N2O3.C22H27NO2.C22H29N.C20H25NO.C17H27NO.C12H17BO2.C11H15NO.CO2/c1-17(2)20-13-19(14-24-15-20)10-11-22(26)21-9-6-12-25(21)23(27)28-16-18-7-4-3-5-8-18;1-16(2)18-9-11-19(12-10-18)20-14-23(15-21(20)22(24)25-3)13-17-7-5-4-6-8-17;1-17-14-23(15-18-9-6-5-7-10-18)16-21(17)19-11-8-12-20(13-19)22(2,3)4;1-15(2)19-12-18(13-21-14-19)9-10-20(22)16(3)11-17-7-5-4-6-8-17;1-12(2)13(3)16(19)8-7-14-9-15(11-18-10-14)17(4,5)6;1-4-12-10-7-9(8(2)3)5-6-11(10)13(14)15-12;1-8(13)10-6-5-9(7-12-10)11(2,3)4;2-1-3/h3-5,7-8,13-15,17,21H,6,9-12,16H2,1-2H3;4-12,16,20-21H,13-15H2,1-3H3;5-13,17,21H,14-16H2,1-4H3;4-8,12-16H,9-11H2,1-3H3;9-13H,7-8H2,1-6H3;5-8,12,14H,4H2,1-3H3;5-7H,1-4H3;/t21-;20?,21-;17-,21?;16-;13-;;;/m00000.../s1. The smallest absolute Gasteiger partial charge is 0.469 e. The van der Waals surface area contributed by atoms with Gasteiger partial charge in [-0.15, -0.1) is 0 Å². The molecule has 0 aliphatic carbocycles. The molecule has 3 fully saturated rings. The second-order valence-electron chi connectivity index (χ2n) is 44.9. The highest BCUT2D eigenvalue weighted by Gasteiger charge is 2.41. The average molecular weight is 2010 g/mol. The van der Waals surface area contributed by atoms with E-state index in [9.17, 15) is 33.8 Å². The van der Waals surface area contributed by atoms with Crippen molar-refractivity contribution in [3.05, 3.63) is 362 Å². The monoisotopic (exact) mass is 2010 g/mol. The van der Waals surface area contributed by atoms with Crippen LogP contribution in [0.25, 0.3) is 0 Å². The summed E-state index contributed by atoms with van der Waals surface area (Å²) in [7, 11) is 0.757. The van der Waals surface area contributed by atoms with Crippen molar-refractivity contribution in [3.8, 4) is 0 Å². The Morgan fingerprint density at radius 3 is 1.46 bits per heavy atom. The van der Waals surface area contributed by atoms with Crippen LogP contribution in [0.3, 0.4) is 0 Å². The number of rotatable bonds is 30. The highest BCUT2D eigenvalue weighted by atomic mass is 16.6. The Morgan fingerprint density at radius 2 is 0.966 bits per heavy atom. The molecule has 148 heavy (non-hydrogen) atoms. The molecule has 20 heteroatoms. The number of benzene rings is 7. The molecule has 0 spiro atoms. The number of aryl methyl sites for hydroxylation is 3. The number of carbonyl (C=O) groups excluding carboxylic acids is 8. The summed E-state index contributed by atoms with van der Waals surface area (Å²) in [5.74, 6) is 4.73. The summed E-state index contributed by atoms with van der Waals surface area (Å²) in [4.78, 5) is 113. The summed E-state index contributed by atoms with van der Waals surface area (Å²) in [6.07, 6.45) is 20.1. The number of nitrogens with zero attached hydrogens (tertiary/aromatic N) is 7. The number of amides is 1. The maximum absolute atomic E-state index is 12.8. The molecule has 1 amide bonds. The van der Waals surface area contributed by atoms with Gasteiger partial charge in [-0.3, -0.25) is 58.6 Å². The summed E-state index contributed by atoms with van der Waals surface area (Å²) in [6, 6.07) is 75.2. The molecule has 11 aromatic rings. The van der Waals surface area contributed by atoms with Gasteiger partial charge in [-0.05, 0) is 203 Å². The van der Waals surface area contributed by atoms with Crippen LogP contribution in [-0.2, 0) is 105 Å². The second-order valence-corrected chi connectivity index (χ2v) is 44.9. The highest BCUT2D eigenvalue weighted by molar-refractivity contribution is 6.61. The molecule has 3 unspecified atom stereocenters. The predicted molar refractivity (Wildman–Crippen MR) is 599 cm³/mol. The number of likely N-dealkylation sites (tertiary alicyclic amines) is 3. The summed E-state index contributed by atoms with van der Waals surface area (Å²) >= 11 is 0. The van der Waals surface area contributed by atoms with E-state index in [2.05, 4.69) is 321 Å². The van der Waals surface area contributed by atoms with Gasteiger partial charge < -0.3 is 19.2 Å². The number of Topliss-reactive ketones (excluding diaryl/α,β-unsaturated/α-hetero) is 4. The van der Waals surface area contributed by atoms with E-state index in [1.54, 1.807) is 17.2 Å². The molecular formula is C128H168BN7O12. The lowest BCUT2D eigenvalue weighted by molar-refractivity contribution is -0.191. The minimum absolute atomic E-state index is 0.0143. The third kappa shape index (κ3) is 39.4. The molecule has 15 rings (SSSR count). The lowest BCUT2D eigenvalue weighted by atomic mass is 9.78. The van der Waals surface area contributed by atoms with E-state index in [1.807, 2.05) is 118 Å². The number of hydrogen-bond acceptors (Lipinski definition) is 18. The van der Waals surface area contributed by atoms with Crippen molar-refractivity contribution in [1.82, 2.24) is 34.6 Å². The minimum Gasteiger partial charge on any atom is -0.469 e. The maximum atomic E-state index is 12.8. The van der Waals surface area contributed by atoms with Crippen molar-refractivity contribution in [3.63, 3.8) is 0 Å². The van der Waals surface area contributed by atoms with Gasteiger partial charge in [-0.25, -0.2) is 4.79 Å². The van der Waals surface area contributed by atoms with Crippen molar-refractivity contribution in [2.24, 2.45) is 29.6 Å². The zero-order valence-corrected chi connectivity index (χ0v) is 93.2. The number of aromatic nitrogens is 4. The Labute approximate surface area is 886 Å². The van der Waals surface area contributed by atoms with Gasteiger partial charge in [0.1, 0.15) is 23.9 Å². The number of ether oxygens (including phenoxy) is 2. The van der Waals surface area contributed by atoms with Gasteiger partial charge in [0.2, 0.25) is 0 Å². The van der Waals surface area contributed by atoms with Crippen LogP contribution >= 0.6 is 0 Å². The molecule has 4 aromatic heterocycles. The fraction of sp³-hybridized carbons (Fsp3) is 0.461. The molecule has 7 aromatic carbocycles. The quantitative estimate of drug-likeness (QED) is 0.0250. The zero-order valence-electron chi connectivity index (χ0n) is 93.2. The van der Waals surface area contributed by atoms with Crippen LogP contribution in [0, 0.1) is 29.6 Å². The number of fused-ring (bicyclic) bond motifs is 1. The first-order valence-electron chi connectivity index (χ1n) is 53.5. The molecule has 790 valence electrons. The minimum atomic E-state index is -0.730. The fourth-order valence-corrected chi connectivity index (χ4v) is 18.5. The van der Waals surface area contributed by atoms with Gasteiger partial charge in [0.25, 0.3) is 0 Å². The first kappa shape index (κ1) is 121. The normalized spacial score (nSPS) is 16.8. The molecule has 19 nitrogen and oxygen atoms in total. The lowest BCUT2D eigenvalue weighted by Crippen LogP contribution is -2.40. The molecule has 4 aliphatic rings. The first-order valence-corrected chi connectivity index (χ1v) is 53.5. The maximum Gasteiger partial charge on any atom is 0.491 e. The van der Waals surface area contributed by atoms with E-state index in [0.717, 1.165) is 97.1 Å². The van der Waals surface area contributed by atoms with E-state index >= 15 is 0 Å². The SMILES string of the molecule is CC(=O)c1ccc(C(C)(C)C)cn1.CC(C)[C@H](C)C(=O)CCc1cncc(C(C)(C)C)c1.CC(C)c1cncc(CCC(=O)[C@@H](C)Cc2ccccc2)c1.CC(C)c1cncc(CCC(=O)[C@@H]2CCCN2C(=O)OCc2ccccc2)c1.CCC1OB(O)c2ccc(C(C)C)cc21.COC(=O)[C@H]1CN(Cc2ccccc2)CC1c1ccc(C(C)C)cc1.C[C@H]1CN(Cc2ccccc2)CC1c1cccc(C(C)(C)C)c1.O=C=O. The second kappa shape index (κ2) is 59.9. The molecule has 1 N–H and O–H groups in total. The average Bonchev–Trinajstić information content (AvgIpc) is 1.67. The van der Waals surface area contributed by atoms with Crippen LogP contribution in [0.2, 0.25) is 0 Å². The Morgan fingerprint density at radius 1 is 0.480 bits per heavy atom. The van der Waals surface area contributed by atoms with E-state index in [0.29, 0.717) is 97.3 Å².